The molecule has 0 aromatic carbocycles. The highest BCUT2D eigenvalue weighted by atomic mass is 14.3. The van der Waals surface area contributed by atoms with Crippen molar-refractivity contribution < 1.29 is 0 Å². The highest BCUT2D eigenvalue weighted by Gasteiger charge is 2.28. The maximum absolute atomic E-state index is 2.35. The van der Waals surface area contributed by atoms with Crippen LogP contribution >= 0.6 is 0 Å². The van der Waals surface area contributed by atoms with E-state index in [1.165, 1.54) is 173 Å². The van der Waals surface area contributed by atoms with Gasteiger partial charge in [0.05, 0.1) is 0 Å². The Hall–Kier alpha value is 0. The van der Waals surface area contributed by atoms with Gasteiger partial charge in [0.2, 0.25) is 0 Å². The van der Waals surface area contributed by atoms with Gasteiger partial charge in [0, 0.05) is 0 Å². The van der Waals surface area contributed by atoms with Crippen LogP contribution in [0.25, 0.3) is 0 Å². The molecule has 218 valence electrons. The smallest absolute Gasteiger partial charge is 0.0297 e. The van der Waals surface area contributed by atoms with Crippen LogP contribution in [0.1, 0.15) is 227 Å². The summed E-state index contributed by atoms with van der Waals surface area (Å²) in [6.07, 6.45) is 45.7. The number of unbranched alkanes of at least 4 members (excludes halogenated alkanes) is 23. The molecule has 0 unspecified atom stereocenters. The maximum Gasteiger partial charge on any atom is -0.0297 e. The standard InChI is InChI=1S/C36H74/c1-5-9-13-17-21-25-29-33-36(32-28-24-20-16-12-8-4,34-30-26-22-18-14-10-6-2)35-31-27-23-19-15-11-7-3/h5-35H2,1-4H3. The van der Waals surface area contributed by atoms with Crippen molar-refractivity contribution in [1.82, 2.24) is 0 Å². The Labute approximate surface area is 232 Å². The first-order valence-corrected chi connectivity index (χ1v) is 17.7. The van der Waals surface area contributed by atoms with Gasteiger partial charge >= 0.3 is 0 Å². The van der Waals surface area contributed by atoms with E-state index in [0.29, 0.717) is 5.41 Å². The maximum atomic E-state index is 2.35. The molecule has 0 aliphatic rings. The van der Waals surface area contributed by atoms with Crippen LogP contribution in [-0.4, -0.2) is 0 Å². The molecule has 0 heterocycles. The van der Waals surface area contributed by atoms with Crippen molar-refractivity contribution in [3.8, 4) is 0 Å². The van der Waals surface area contributed by atoms with Crippen molar-refractivity contribution in [2.45, 2.75) is 227 Å². The number of rotatable bonds is 31. The zero-order chi connectivity index (χ0) is 26.4. The van der Waals surface area contributed by atoms with Gasteiger partial charge in [0.1, 0.15) is 0 Å². The van der Waals surface area contributed by atoms with E-state index in [-0.39, 0.29) is 0 Å². The molecule has 0 fully saturated rings. The Morgan fingerprint density at radius 3 is 0.583 bits per heavy atom. The molecular weight excluding hydrogens is 432 g/mol. The lowest BCUT2D eigenvalue weighted by Crippen LogP contribution is -2.21. The van der Waals surface area contributed by atoms with Gasteiger partial charge in [0.15, 0.2) is 0 Å². The Morgan fingerprint density at radius 1 is 0.222 bits per heavy atom. The van der Waals surface area contributed by atoms with Crippen molar-refractivity contribution in [3.05, 3.63) is 0 Å². The summed E-state index contributed by atoms with van der Waals surface area (Å²) in [5, 5.41) is 0. The second kappa shape index (κ2) is 29.6. The van der Waals surface area contributed by atoms with E-state index < -0.39 is 0 Å². The first-order chi connectivity index (χ1) is 17.7. The van der Waals surface area contributed by atoms with E-state index in [9.17, 15) is 0 Å². The second-order valence-electron chi connectivity index (χ2n) is 12.6. The molecule has 0 aliphatic carbocycles. The lowest BCUT2D eigenvalue weighted by atomic mass is 9.70. The van der Waals surface area contributed by atoms with Gasteiger partial charge in [-0.05, 0) is 31.1 Å². The van der Waals surface area contributed by atoms with Gasteiger partial charge in [-0.15, -0.1) is 0 Å². The van der Waals surface area contributed by atoms with E-state index >= 15 is 0 Å². The summed E-state index contributed by atoms with van der Waals surface area (Å²) in [4.78, 5) is 0. The number of hydrogen-bond acceptors (Lipinski definition) is 0. The molecule has 0 N–H and O–H groups in total. The molecule has 0 spiro atoms. The molecule has 0 heteroatoms. The van der Waals surface area contributed by atoms with E-state index in [1.54, 1.807) is 25.7 Å². The average molecular weight is 507 g/mol. The molecule has 0 aliphatic heterocycles. The molecule has 0 nitrogen and oxygen atoms in total. The lowest BCUT2D eigenvalue weighted by molar-refractivity contribution is 0.171. The third-order valence-electron chi connectivity index (χ3n) is 8.99. The molecular formula is C36H74. The molecule has 0 amide bonds. The summed E-state index contributed by atoms with van der Waals surface area (Å²) >= 11 is 0. The molecule has 0 aromatic rings. The summed E-state index contributed by atoms with van der Waals surface area (Å²) < 4.78 is 0. The van der Waals surface area contributed by atoms with Crippen molar-refractivity contribution in [3.63, 3.8) is 0 Å². The molecule has 0 aromatic heterocycles. The molecule has 0 saturated heterocycles. The lowest BCUT2D eigenvalue weighted by Gasteiger charge is -2.35. The predicted octanol–water partition coefficient (Wildman–Crippen LogP) is 14.1. The Morgan fingerprint density at radius 2 is 0.389 bits per heavy atom. The zero-order valence-corrected chi connectivity index (χ0v) is 26.4. The first kappa shape index (κ1) is 36.0. The highest BCUT2D eigenvalue weighted by molar-refractivity contribution is 4.80. The highest BCUT2D eigenvalue weighted by Crippen LogP contribution is 2.42. The van der Waals surface area contributed by atoms with Crippen molar-refractivity contribution >= 4 is 0 Å². The van der Waals surface area contributed by atoms with Gasteiger partial charge in [-0.1, -0.05) is 201 Å². The van der Waals surface area contributed by atoms with Crippen LogP contribution in [0, 0.1) is 5.41 Å². The van der Waals surface area contributed by atoms with Crippen LogP contribution in [0.3, 0.4) is 0 Å². The van der Waals surface area contributed by atoms with Crippen molar-refractivity contribution in [2.24, 2.45) is 5.41 Å². The van der Waals surface area contributed by atoms with Crippen LogP contribution in [-0.2, 0) is 0 Å². The minimum atomic E-state index is 0.682. The molecule has 0 atom stereocenters. The van der Waals surface area contributed by atoms with E-state index in [4.69, 9.17) is 0 Å². The fraction of sp³-hybridized carbons (Fsp3) is 1.00. The normalized spacial score (nSPS) is 12.0. The van der Waals surface area contributed by atoms with Crippen LogP contribution in [0.15, 0.2) is 0 Å². The predicted molar refractivity (Wildman–Crippen MR) is 168 cm³/mol. The van der Waals surface area contributed by atoms with Gasteiger partial charge in [0.25, 0.3) is 0 Å². The fourth-order valence-corrected chi connectivity index (χ4v) is 6.40. The summed E-state index contributed by atoms with van der Waals surface area (Å²) in [6.45, 7) is 9.36. The molecule has 0 saturated carbocycles. The topological polar surface area (TPSA) is 0 Å². The van der Waals surface area contributed by atoms with Gasteiger partial charge in [-0.25, -0.2) is 0 Å². The van der Waals surface area contributed by atoms with Crippen LogP contribution in [0.5, 0.6) is 0 Å². The largest absolute Gasteiger partial charge is 0.0654 e. The van der Waals surface area contributed by atoms with Crippen molar-refractivity contribution in [2.75, 3.05) is 0 Å². The molecule has 0 bridgehead atoms. The summed E-state index contributed by atoms with van der Waals surface area (Å²) in [5.74, 6) is 0. The SMILES string of the molecule is CCCCCCCCCC(CCCCCCCC)(CCCCCCCCC)CCCCCCCCC. The second-order valence-corrected chi connectivity index (χ2v) is 12.6. The monoisotopic (exact) mass is 507 g/mol. The quantitative estimate of drug-likeness (QED) is 0.0820. The van der Waals surface area contributed by atoms with Crippen LogP contribution < -0.4 is 0 Å². The molecule has 0 rings (SSSR count). The Kier molecular flexibility index (Phi) is 29.6. The minimum absolute atomic E-state index is 0.682. The zero-order valence-electron chi connectivity index (χ0n) is 26.4. The Bertz CT molecular complexity index is 338. The van der Waals surface area contributed by atoms with Gasteiger partial charge in [-0.2, -0.15) is 0 Å². The van der Waals surface area contributed by atoms with Gasteiger partial charge < -0.3 is 0 Å². The third kappa shape index (κ3) is 24.3. The summed E-state index contributed by atoms with van der Waals surface area (Å²) in [7, 11) is 0. The van der Waals surface area contributed by atoms with E-state index in [0.717, 1.165) is 0 Å². The average Bonchev–Trinajstić information content (AvgIpc) is 2.89. The van der Waals surface area contributed by atoms with Gasteiger partial charge in [-0.3, -0.25) is 0 Å². The number of hydrogen-bond donors (Lipinski definition) is 0. The molecule has 36 heavy (non-hydrogen) atoms. The van der Waals surface area contributed by atoms with E-state index in [1.807, 2.05) is 0 Å². The Balaban J connectivity index is 4.77. The first-order valence-electron chi connectivity index (χ1n) is 17.7. The van der Waals surface area contributed by atoms with Crippen LogP contribution in [0.2, 0.25) is 0 Å². The molecule has 0 radical (unpaired) electrons. The van der Waals surface area contributed by atoms with Crippen molar-refractivity contribution in [1.29, 1.82) is 0 Å². The third-order valence-corrected chi connectivity index (χ3v) is 8.99. The fourth-order valence-electron chi connectivity index (χ4n) is 6.40. The summed E-state index contributed by atoms with van der Waals surface area (Å²) in [5.41, 5.74) is 0.682. The minimum Gasteiger partial charge on any atom is -0.0654 e. The summed E-state index contributed by atoms with van der Waals surface area (Å²) in [6, 6.07) is 0. The van der Waals surface area contributed by atoms with Crippen LogP contribution in [0.4, 0.5) is 0 Å². The van der Waals surface area contributed by atoms with E-state index in [2.05, 4.69) is 27.7 Å².